The lowest BCUT2D eigenvalue weighted by Gasteiger charge is -2.19. The number of rotatable bonds is 6. The fourth-order valence-corrected chi connectivity index (χ4v) is 4.83. The fourth-order valence-electron chi connectivity index (χ4n) is 2.96. The Hall–Kier alpha value is -2.46. The Morgan fingerprint density at radius 1 is 1.11 bits per heavy atom. The van der Waals surface area contributed by atoms with Gasteiger partial charge in [0, 0.05) is 12.1 Å². The lowest BCUT2D eigenvalue weighted by atomic mass is 10.1. The number of anilines is 1. The Bertz CT molecular complexity index is 817. The summed E-state index contributed by atoms with van der Waals surface area (Å²) in [4.78, 5) is 36.7. The van der Waals surface area contributed by atoms with E-state index in [4.69, 9.17) is 0 Å². The van der Waals surface area contributed by atoms with Crippen LogP contribution < -0.4 is 10.2 Å². The zero-order chi connectivity index (χ0) is 20.2. The number of carbonyl (C=O) groups is 3. The van der Waals surface area contributed by atoms with E-state index in [2.05, 4.69) is 14.8 Å². The number of nitrogens with one attached hydrogen (secondary N) is 2. The first kappa shape index (κ1) is 20.8. The van der Waals surface area contributed by atoms with Crippen LogP contribution in [0.5, 0.6) is 0 Å². The fraction of sp³-hybridized carbons (Fsp3) is 0.471. The average molecular weight is 399 g/mol. The Kier molecular flexibility index (Phi) is 6.55. The molecular weight excluding hydrogens is 376 g/mol. The third kappa shape index (κ3) is 5.51. The number of benzene rings is 1. The summed E-state index contributed by atoms with van der Waals surface area (Å²) in [6, 6.07) is 3.97. The molecule has 1 fully saturated rings. The van der Waals surface area contributed by atoms with Crippen molar-refractivity contribution >= 4 is 33.4 Å². The van der Waals surface area contributed by atoms with Crippen molar-refractivity contribution in [1.29, 1.82) is 0 Å². The van der Waals surface area contributed by atoms with Gasteiger partial charge in [-0.1, -0.05) is 0 Å². The molecule has 2 N–H and O–H groups in total. The normalized spacial score (nSPS) is 19.1. The molecule has 1 saturated heterocycles. The highest BCUT2D eigenvalue weighted by Crippen LogP contribution is 2.17. The van der Waals surface area contributed by atoms with Crippen LogP contribution in [0.4, 0.5) is 5.69 Å². The maximum atomic E-state index is 12.3. The molecule has 0 aliphatic carbocycles. The van der Waals surface area contributed by atoms with Crippen LogP contribution in [0.1, 0.15) is 27.1 Å². The molecule has 1 heterocycles. The van der Waals surface area contributed by atoms with E-state index < -0.39 is 21.8 Å². The van der Waals surface area contributed by atoms with Gasteiger partial charge in [0.05, 0.1) is 38.1 Å². The summed E-state index contributed by atoms with van der Waals surface area (Å²) in [5.74, 6) is -1.48. The van der Waals surface area contributed by atoms with E-state index in [1.807, 2.05) is 0 Å². The number of esters is 2. The van der Waals surface area contributed by atoms with Crippen molar-refractivity contribution in [3.63, 3.8) is 0 Å². The Morgan fingerprint density at radius 2 is 1.67 bits per heavy atom. The first-order valence-corrected chi connectivity index (χ1v) is 10.1. The predicted octanol–water partition coefficient (Wildman–Crippen LogP) is -1.10. The van der Waals surface area contributed by atoms with E-state index >= 15 is 0 Å². The van der Waals surface area contributed by atoms with Crippen molar-refractivity contribution in [2.24, 2.45) is 0 Å². The molecule has 0 saturated carbocycles. The summed E-state index contributed by atoms with van der Waals surface area (Å²) < 4.78 is 32.5. The number of hydrogen-bond donors (Lipinski definition) is 2. The van der Waals surface area contributed by atoms with Gasteiger partial charge in [-0.25, -0.2) is 18.0 Å². The number of quaternary nitrogens is 1. The second-order valence-corrected chi connectivity index (χ2v) is 8.68. The molecular formula is C17H23N2O7S+. The lowest BCUT2D eigenvalue weighted by molar-refractivity contribution is -0.894. The van der Waals surface area contributed by atoms with Crippen LogP contribution in [-0.4, -0.2) is 71.6 Å². The van der Waals surface area contributed by atoms with Gasteiger partial charge < -0.3 is 19.7 Å². The van der Waals surface area contributed by atoms with Gasteiger partial charge in [0.25, 0.3) is 5.91 Å². The summed E-state index contributed by atoms with van der Waals surface area (Å²) in [6.45, 7) is 0.0518. The Morgan fingerprint density at radius 3 is 2.11 bits per heavy atom. The molecule has 1 unspecified atom stereocenters. The van der Waals surface area contributed by atoms with Crippen LogP contribution in [0.25, 0.3) is 0 Å². The van der Waals surface area contributed by atoms with Gasteiger partial charge in [0.15, 0.2) is 16.4 Å². The monoisotopic (exact) mass is 399 g/mol. The lowest BCUT2D eigenvalue weighted by Crippen LogP contribution is -3.14. The number of amides is 1. The molecule has 9 nitrogen and oxygen atoms in total. The zero-order valence-electron chi connectivity index (χ0n) is 15.4. The number of methoxy groups -OCH3 is 2. The van der Waals surface area contributed by atoms with Crippen LogP contribution in [0.2, 0.25) is 0 Å². The van der Waals surface area contributed by atoms with Gasteiger partial charge >= 0.3 is 11.9 Å². The highest BCUT2D eigenvalue weighted by Gasteiger charge is 2.34. The SMILES string of the molecule is COC(=O)c1cc(NC(=O)C[NH+](C)[C@@H]2CCS(=O)(=O)C2)cc(C(=O)OC)c1. The molecule has 2 atom stereocenters. The average Bonchev–Trinajstić information content (AvgIpc) is 2.99. The molecule has 1 amide bonds. The highest BCUT2D eigenvalue weighted by molar-refractivity contribution is 7.91. The zero-order valence-corrected chi connectivity index (χ0v) is 16.2. The minimum Gasteiger partial charge on any atom is -0.465 e. The summed E-state index contributed by atoms with van der Waals surface area (Å²) >= 11 is 0. The molecule has 1 aromatic carbocycles. The van der Waals surface area contributed by atoms with E-state index in [1.54, 1.807) is 7.05 Å². The van der Waals surface area contributed by atoms with Crippen LogP contribution in [0, 0.1) is 0 Å². The number of hydrogen-bond acceptors (Lipinski definition) is 7. The second-order valence-electron chi connectivity index (χ2n) is 6.45. The predicted molar refractivity (Wildman–Crippen MR) is 96.6 cm³/mol. The second kappa shape index (κ2) is 8.49. The van der Waals surface area contributed by atoms with Crippen molar-refractivity contribution < 1.29 is 37.2 Å². The van der Waals surface area contributed by atoms with Gasteiger partial charge in [-0.05, 0) is 18.2 Å². The third-order valence-electron chi connectivity index (χ3n) is 4.43. The molecule has 0 aromatic heterocycles. The molecule has 2 rings (SSSR count). The maximum absolute atomic E-state index is 12.3. The molecule has 10 heteroatoms. The van der Waals surface area contributed by atoms with Gasteiger partial charge in [0.2, 0.25) is 0 Å². The Balaban J connectivity index is 2.12. The van der Waals surface area contributed by atoms with Gasteiger partial charge in [-0.2, -0.15) is 0 Å². The van der Waals surface area contributed by atoms with Crippen molar-refractivity contribution in [1.82, 2.24) is 0 Å². The molecule has 1 aromatic rings. The highest BCUT2D eigenvalue weighted by atomic mass is 32.2. The van der Waals surface area contributed by atoms with E-state index in [0.29, 0.717) is 6.42 Å². The minimum atomic E-state index is -3.03. The summed E-state index contributed by atoms with van der Waals surface area (Å²) in [6.07, 6.45) is 0.520. The molecule has 1 aliphatic heterocycles. The largest absolute Gasteiger partial charge is 0.465 e. The summed E-state index contributed by atoms with van der Waals surface area (Å²) in [5, 5.41) is 2.63. The topological polar surface area (TPSA) is 120 Å². The maximum Gasteiger partial charge on any atom is 0.337 e. The number of likely N-dealkylation sites (N-methyl/N-ethyl adjacent to an activating group) is 1. The van der Waals surface area contributed by atoms with Gasteiger partial charge in [0.1, 0.15) is 11.8 Å². The molecule has 0 radical (unpaired) electrons. The number of ether oxygens (including phenoxy) is 2. The van der Waals surface area contributed by atoms with E-state index in [9.17, 15) is 22.8 Å². The quantitative estimate of drug-likeness (QED) is 0.583. The van der Waals surface area contributed by atoms with Crippen molar-refractivity contribution in [2.75, 3.05) is 44.6 Å². The first-order valence-electron chi connectivity index (χ1n) is 8.29. The standard InChI is InChI=1S/C17H22N2O7S/c1-19(14-4-5-27(23,24)10-14)9-15(20)18-13-7-11(16(21)25-2)6-12(8-13)17(22)26-3/h6-8,14H,4-5,9-10H2,1-3H3,(H,18,20)/p+1/t14-/m1/s1. The molecule has 0 bridgehead atoms. The van der Waals surface area contributed by atoms with Crippen LogP contribution in [-0.2, 0) is 24.1 Å². The van der Waals surface area contributed by atoms with Gasteiger partial charge in [-0.15, -0.1) is 0 Å². The summed E-state index contributed by atoms with van der Waals surface area (Å²) in [7, 11) is 1.15. The minimum absolute atomic E-state index is 0.0518. The van der Waals surface area contributed by atoms with Crippen LogP contribution in [0.15, 0.2) is 18.2 Å². The van der Waals surface area contributed by atoms with Crippen molar-refractivity contribution in [3.8, 4) is 0 Å². The molecule has 0 spiro atoms. The Labute approximate surface area is 157 Å². The molecule has 148 valence electrons. The van der Waals surface area contributed by atoms with E-state index in [-0.39, 0.29) is 46.8 Å². The molecule has 1 aliphatic rings. The third-order valence-corrected chi connectivity index (χ3v) is 6.20. The summed E-state index contributed by atoms with van der Waals surface area (Å²) in [5.41, 5.74) is 0.437. The number of carbonyl (C=O) groups excluding carboxylic acids is 3. The van der Waals surface area contributed by atoms with E-state index in [0.717, 1.165) is 4.90 Å². The van der Waals surface area contributed by atoms with Crippen LogP contribution >= 0.6 is 0 Å². The van der Waals surface area contributed by atoms with Crippen molar-refractivity contribution in [3.05, 3.63) is 29.3 Å². The molecule has 27 heavy (non-hydrogen) atoms. The van der Waals surface area contributed by atoms with Crippen molar-refractivity contribution in [2.45, 2.75) is 12.5 Å². The van der Waals surface area contributed by atoms with Crippen LogP contribution in [0.3, 0.4) is 0 Å². The number of sulfone groups is 1. The smallest absolute Gasteiger partial charge is 0.337 e. The van der Waals surface area contributed by atoms with Gasteiger partial charge in [-0.3, -0.25) is 4.79 Å². The first-order chi connectivity index (χ1) is 12.6. The van der Waals surface area contributed by atoms with E-state index in [1.165, 1.54) is 32.4 Å².